The zero-order chi connectivity index (χ0) is 50.8. The first-order valence-electron chi connectivity index (χ1n) is 20.0. The molecule has 0 saturated heterocycles. The van der Waals surface area contributed by atoms with Crippen LogP contribution in [0.15, 0.2) is 54.6 Å². The first-order valence-corrected chi connectivity index (χ1v) is 22.9. The van der Waals surface area contributed by atoms with Crippen LogP contribution in [0.25, 0.3) is 30.3 Å². The molecule has 3 aromatic heterocycles. The number of rotatable bonds is 14. The number of methoxy groups -OCH3 is 2. The molecule has 0 amide bonds. The second-order valence-corrected chi connectivity index (χ2v) is 19.8. The topological polar surface area (TPSA) is 242 Å². The summed E-state index contributed by atoms with van der Waals surface area (Å²) in [6, 6.07) is 14.9. The Bertz CT molecular complexity index is 2910. The van der Waals surface area contributed by atoms with Crippen molar-refractivity contribution in [2.75, 3.05) is 34.0 Å². The first kappa shape index (κ1) is 54.0. The van der Waals surface area contributed by atoms with Gasteiger partial charge in [0.15, 0.2) is 63.3 Å². The minimum absolute atomic E-state index is 0.0232. The van der Waals surface area contributed by atoms with Crippen LogP contribution in [0, 0.1) is 0 Å². The van der Waals surface area contributed by atoms with Gasteiger partial charge < -0.3 is 43.4 Å². The number of hydrogen-bond acceptors (Lipinski definition) is 18. The van der Waals surface area contributed by atoms with E-state index < -0.39 is 53.6 Å². The molecule has 21 heteroatoms. The van der Waals surface area contributed by atoms with Crippen LogP contribution in [0.3, 0.4) is 0 Å². The lowest BCUT2D eigenvalue weighted by molar-refractivity contribution is -0.158. The van der Waals surface area contributed by atoms with Crippen molar-refractivity contribution in [1.82, 2.24) is 0 Å². The number of carboxylic acids is 2. The molecule has 0 aliphatic carbocycles. The molecule has 0 fully saturated rings. The third-order valence-electron chi connectivity index (χ3n) is 8.49. The Balaban J connectivity index is 0.000000224. The molecule has 6 aromatic rings. The Morgan fingerprint density at radius 3 is 1.24 bits per heavy atom. The number of halogens is 1. The molecule has 3 aromatic carbocycles. The molecule has 0 atom stereocenters. The number of aromatic carboxylic acids is 1. The summed E-state index contributed by atoms with van der Waals surface area (Å²) < 4.78 is 38.2. The van der Waals surface area contributed by atoms with Gasteiger partial charge in [0.05, 0.1) is 14.2 Å². The summed E-state index contributed by atoms with van der Waals surface area (Å²) in [4.78, 5) is 92.6. The van der Waals surface area contributed by atoms with Crippen molar-refractivity contribution in [3.05, 3.63) is 85.4 Å². The van der Waals surface area contributed by atoms with E-state index in [2.05, 4.69) is 0 Å². The van der Waals surface area contributed by atoms with Gasteiger partial charge >= 0.3 is 35.8 Å². The molecule has 0 saturated carbocycles. The van der Waals surface area contributed by atoms with Crippen LogP contribution in [0.5, 0.6) is 17.2 Å². The van der Waals surface area contributed by atoms with E-state index in [0.29, 0.717) is 47.5 Å². The van der Waals surface area contributed by atoms with Crippen molar-refractivity contribution in [3.8, 4) is 17.2 Å². The number of Topliss-reactive ketones (excluding diaryl/α,β-unsaturated/α-hetero) is 2. The standard InChI is InChI=1S/C18H20O6S.C16H17ClO5S.C13H10O6S/c1-10(19)11-6-7-12-13(8-11)25-16(17(21)22-5)15(12)23-9-14(20)24-18(2,3)4;1-16(2,3)22-12(18)8-21-13-10-6-5-9(17)7-11(10)23-14(13)15(19)20-4;1-6(14)7-2-3-8-9(4-7)20-12(13(17)18)11(8)19-5-10(15)16/h6-8H,9H2,1-5H3;5-7H,8H2,1-4H3;2-4H,5H2,1H3,(H,15,16)(H,17,18). The van der Waals surface area contributed by atoms with Gasteiger partial charge in [-0.05, 0) is 97.9 Å². The molecule has 17 nitrogen and oxygen atoms in total. The van der Waals surface area contributed by atoms with Gasteiger partial charge in [-0.25, -0.2) is 28.8 Å². The van der Waals surface area contributed by atoms with Gasteiger partial charge in [-0.2, -0.15) is 0 Å². The number of benzene rings is 3. The lowest BCUT2D eigenvalue weighted by Crippen LogP contribution is -2.27. The number of hydrogen-bond donors (Lipinski definition) is 2. The highest BCUT2D eigenvalue weighted by molar-refractivity contribution is 7.22. The van der Waals surface area contributed by atoms with E-state index in [1.807, 2.05) is 0 Å². The third-order valence-corrected chi connectivity index (χ3v) is 12.1. The normalized spacial score (nSPS) is 11.0. The van der Waals surface area contributed by atoms with Crippen molar-refractivity contribution in [2.45, 2.75) is 66.6 Å². The van der Waals surface area contributed by atoms with Crippen molar-refractivity contribution in [1.29, 1.82) is 0 Å². The summed E-state index contributed by atoms with van der Waals surface area (Å²) in [6.45, 7) is 12.2. The molecule has 3 heterocycles. The Morgan fingerprint density at radius 2 is 0.882 bits per heavy atom. The molecule has 0 aliphatic rings. The number of fused-ring (bicyclic) bond motifs is 3. The maximum Gasteiger partial charge on any atom is 0.351 e. The van der Waals surface area contributed by atoms with Crippen molar-refractivity contribution in [2.24, 2.45) is 0 Å². The molecule has 6 rings (SSSR count). The second-order valence-electron chi connectivity index (χ2n) is 16.2. The smallest absolute Gasteiger partial charge is 0.351 e. The number of carbonyl (C=O) groups is 8. The highest BCUT2D eigenvalue weighted by Gasteiger charge is 2.26. The molecule has 0 spiro atoms. The summed E-state index contributed by atoms with van der Waals surface area (Å²) >= 11 is 9.26. The Hall–Kier alpha value is -6.61. The highest BCUT2D eigenvalue weighted by Crippen LogP contribution is 2.41. The monoisotopic (exact) mass is 1010 g/mol. The Labute approximate surface area is 406 Å². The molecule has 0 aliphatic heterocycles. The summed E-state index contributed by atoms with van der Waals surface area (Å²) in [5, 5.41) is 20.1. The van der Waals surface area contributed by atoms with Gasteiger partial charge in [0, 0.05) is 46.4 Å². The molecule has 0 radical (unpaired) electrons. The molecule has 362 valence electrons. The predicted octanol–water partition coefficient (Wildman–Crippen LogP) is 9.94. The zero-order valence-electron chi connectivity index (χ0n) is 38.4. The molecule has 2 N–H and O–H groups in total. The van der Waals surface area contributed by atoms with Gasteiger partial charge in [-0.15, -0.1) is 34.0 Å². The lowest BCUT2D eigenvalue weighted by Gasteiger charge is -2.19. The number of esters is 4. The molecule has 0 bridgehead atoms. The summed E-state index contributed by atoms with van der Waals surface area (Å²) in [6.07, 6.45) is 0. The number of thiophene rings is 3. The maximum absolute atomic E-state index is 12.0. The van der Waals surface area contributed by atoms with Gasteiger partial charge in [0.1, 0.15) is 11.2 Å². The molecular formula is C47H47ClO17S3. The van der Waals surface area contributed by atoms with Crippen molar-refractivity contribution in [3.63, 3.8) is 0 Å². The van der Waals surface area contributed by atoms with Gasteiger partial charge in [0.25, 0.3) is 0 Å². The third kappa shape index (κ3) is 14.7. The minimum Gasteiger partial charge on any atom is -0.479 e. The molecule has 0 unspecified atom stereocenters. The highest BCUT2D eigenvalue weighted by atomic mass is 35.5. The van der Waals surface area contributed by atoms with E-state index in [9.17, 15) is 38.4 Å². The predicted molar refractivity (Wildman–Crippen MR) is 256 cm³/mol. The summed E-state index contributed by atoms with van der Waals surface area (Å²) in [7, 11) is 2.56. The van der Waals surface area contributed by atoms with Crippen LogP contribution < -0.4 is 14.2 Å². The Morgan fingerprint density at radius 1 is 0.529 bits per heavy atom. The first-order chi connectivity index (χ1) is 31.7. The van der Waals surface area contributed by atoms with E-state index in [0.717, 1.165) is 27.4 Å². The van der Waals surface area contributed by atoms with E-state index >= 15 is 0 Å². The number of ether oxygens (including phenoxy) is 7. The molecular weight excluding hydrogens is 968 g/mol. The second kappa shape index (κ2) is 22.9. The maximum atomic E-state index is 12.0. The largest absolute Gasteiger partial charge is 0.479 e. The van der Waals surface area contributed by atoms with E-state index in [1.165, 1.54) is 39.4 Å². The van der Waals surface area contributed by atoms with Gasteiger partial charge in [-0.3, -0.25) is 9.59 Å². The zero-order valence-corrected chi connectivity index (χ0v) is 41.6. The van der Waals surface area contributed by atoms with Crippen LogP contribution in [0.4, 0.5) is 0 Å². The number of carbonyl (C=O) groups excluding carboxylic acids is 6. The molecule has 68 heavy (non-hydrogen) atoms. The van der Waals surface area contributed by atoms with E-state index in [-0.39, 0.29) is 50.9 Å². The van der Waals surface area contributed by atoms with Crippen LogP contribution >= 0.6 is 45.6 Å². The lowest BCUT2D eigenvalue weighted by atomic mass is 10.1. The van der Waals surface area contributed by atoms with Crippen LogP contribution in [-0.2, 0) is 33.3 Å². The number of carboxylic acid groups (broad SMARTS) is 2. The van der Waals surface area contributed by atoms with Gasteiger partial charge in [-0.1, -0.05) is 23.7 Å². The fourth-order valence-electron chi connectivity index (χ4n) is 5.79. The van der Waals surface area contributed by atoms with Crippen LogP contribution in [0.2, 0.25) is 5.02 Å². The Kier molecular flexibility index (Phi) is 18.2. The minimum atomic E-state index is -1.20. The fraction of sp³-hybridized carbons (Fsp3) is 0.319. The van der Waals surface area contributed by atoms with Crippen LogP contribution in [0.1, 0.15) is 105 Å². The van der Waals surface area contributed by atoms with E-state index in [4.69, 9.17) is 55.0 Å². The summed E-state index contributed by atoms with van der Waals surface area (Å²) in [5.41, 5.74) is -0.237. The number of aliphatic carboxylic acids is 1. The quantitative estimate of drug-likeness (QED) is 0.0586. The van der Waals surface area contributed by atoms with Crippen molar-refractivity contribution < 1.29 is 81.7 Å². The van der Waals surface area contributed by atoms with Crippen molar-refractivity contribution >= 4 is 123 Å². The SMILES string of the molecule is CC(=O)c1ccc2c(OCC(=O)O)c(C(=O)O)sc2c1.COC(=O)c1sc2cc(C(C)=O)ccc2c1OCC(=O)OC(C)(C)C.COC(=O)c1sc2cc(Cl)ccc2c1OCC(=O)OC(C)(C)C. The van der Waals surface area contributed by atoms with Gasteiger partial charge in [0.2, 0.25) is 0 Å². The average Bonchev–Trinajstić information content (AvgIpc) is 3.93. The van der Waals surface area contributed by atoms with Crippen LogP contribution in [-0.4, -0.2) is 103 Å². The summed E-state index contributed by atoms with van der Waals surface area (Å²) in [5.74, 6) is -4.16. The fourth-order valence-corrected chi connectivity index (χ4v) is 9.27. The van der Waals surface area contributed by atoms with E-state index in [1.54, 1.807) is 96.1 Å². The number of ketones is 2. The average molecular weight is 1020 g/mol.